The van der Waals surface area contributed by atoms with E-state index >= 15 is 0 Å². The molecule has 2 bridgehead atoms. The molecule has 4 N–H and O–H groups in total. The Bertz CT molecular complexity index is 523. The first-order chi connectivity index (χ1) is 10.1. The van der Waals surface area contributed by atoms with Crippen molar-refractivity contribution in [1.82, 2.24) is 9.80 Å². The number of carbonyl (C=O) groups excluding carboxylic acids is 1. The van der Waals surface area contributed by atoms with Crippen molar-refractivity contribution in [2.24, 2.45) is 5.73 Å². The molecular weight excluding hydrogens is 264 g/mol. The molecule has 5 nitrogen and oxygen atoms in total. The van der Waals surface area contributed by atoms with Gasteiger partial charge in [0.25, 0.3) is 5.91 Å². The zero-order valence-corrected chi connectivity index (χ0v) is 12.4. The Morgan fingerprint density at radius 2 is 1.95 bits per heavy atom. The highest BCUT2D eigenvalue weighted by Crippen LogP contribution is 2.21. The van der Waals surface area contributed by atoms with Crippen molar-refractivity contribution < 1.29 is 4.79 Å². The largest absolute Gasteiger partial charge is 0.398 e. The van der Waals surface area contributed by atoms with Gasteiger partial charge in [0, 0.05) is 31.4 Å². The van der Waals surface area contributed by atoms with Gasteiger partial charge in [-0.05, 0) is 50.0 Å². The smallest absolute Gasteiger partial charge is 0.250 e. The Hall–Kier alpha value is -1.59. The number of hydrogen-bond acceptors (Lipinski definition) is 4. The van der Waals surface area contributed by atoms with Crippen molar-refractivity contribution in [2.75, 3.05) is 38.5 Å². The summed E-state index contributed by atoms with van der Waals surface area (Å²) in [6.07, 6.45) is 3.51. The lowest BCUT2D eigenvalue weighted by Gasteiger charge is -2.31. The normalized spacial score (nSPS) is 25.7. The molecule has 3 aliphatic heterocycles. The van der Waals surface area contributed by atoms with E-state index in [0.717, 1.165) is 31.1 Å². The number of amides is 1. The fourth-order valence-corrected chi connectivity index (χ4v) is 3.50. The minimum Gasteiger partial charge on any atom is -0.398 e. The van der Waals surface area contributed by atoms with Gasteiger partial charge in [0.2, 0.25) is 0 Å². The highest BCUT2D eigenvalue weighted by Gasteiger charge is 2.28. The lowest BCUT2D eigenvalue weighted by Crippen LogP contribution is -2.38. The predicted molar refractivity (Wildman–Crippen MR) is 84.1 cm³/mol. The van der Waals surface area contributed by atoms with E-state index in [1.165, 1.54) is 32.5 Å². The number of nitrogen functional groups attached to an aromatic ring is 1. The number of fused-ring (bicyclic) bond motifs is 4. The van der Waals surface area contributed by atoms with Gasteiger partial charge in [0.15, 0.2) is 0 Å². The standard InChI is InChI=1S/C16H24N4O/c17-15-2-1-12(11-14(15)16(18)21)3-8-20-10-9-19-6-4-13(20)5-7-19/h1-2,11,13H,3-10,17H2,(H2,18,21). The van der Waals surface area contributed by atoms with Crippen molar-refractivity contribution in [2.45, 2.75) is 25.3 Å². The summed E-state index contributed by atoms with van der Waals surface area (Å²) in [5.41, 5.74) is 13.2. The van der Waals surface area contributed by atoms with Gasteiger partial charge in [0.05, 0.1) is 5.56 Å². The Balaban J connectivity index is 1.64. The van der Waals surface area contributed by atoms with Crippen molar-refractivity contribution in [1.29, 1.82) is 0 Å². The number of nitrogens with zero attached hydrogens (tertiary/aromatic N) is 2. The number of hydrogen-bond donors (Lipinski definition) is 2. The lowest BCUT2D eigenvalue weighted by molar-refractivity contribution is 0.100. The number of nitrogens with two attached hydrogens (primary N) is 2. The van der Waals surface area contributed by atoms with Crippen LogP contribution in [0.15, 0.2) is 18.2 Å². The minimum absolute atomic E-state index is 0.440. The van der Waals surface area contributed by atoms with E-state index < -0.39 is 5.91 Å². The lowest BCUT2D eigenvalue weighted by atomic mass is 10.0. The van der Waals surface area contributed by atoms with E-state index in [1.54, 1.807) is 6.07 Å². The Morgan fingerprint density at radius 3 is 2.67 bits per heavy atom. The first-order valence-electron chi connectivity index (χ1n) is 7.78. The Kier molecular flexibility index (Phi) is 4.12. The van der Waals surface area contributed by atoms with Crippen LogP contribution in [0.2, 0.25) is 0 Å². The van der Waals surface area contributed by atoms with Gasteiger partial charge in [-0.1, -0.05) is 6.07 Å². The van der Waals surface area contributed by atoms with Crippen molar-refractivity contribution in [3.05, 3.63) is 29.3 Å². The zero-order valence-electron chi connectivity index (χ0n) is 12.4. The second-order valence-corrected chi connectivity index (χ2v) is 6.14. The molecule has 3 heterocycles. The monoisotopic (exact) mass is 288 g/mol. The molecular formula is C16H24N4O. The van der Waals surface area contributed by atoms with Crippen LogP contribution in [0.4, 0.5) is 5.69 Å². The second-order valence-electron chi connectivity index (χ2n) is 6.14. The molecule has 1 amide bonds. The predicted octanol–water partition coefficient (Wildman–Crippen LogP) is 0.690. The molecule has 0 spiro atoms. The molecule has 21 heavy (non-hydrogen) atoms. The maximum Gasteiger partial charge on any atom is 0.250 e. The summed E-state index contributed by atoms with van der Waals surface area (Å²) in [5.74, 6) is -0.449. The van der Waals surface area contributed by atoms with Crippen molar-refractivity contribution >= 4 is 11.6 Å². The van der Waals surface area contributed by atoms with Crippen LogP contribution in [0.5, 0.6) is 0 Å². The summed E-state index contributed by atoms with van der Waals surface area (Å²) < 4.78 is 0. The van der Waals surface area contributed by atoms with Gasteiger partial charge in [-0.3, -0.25) is 9.69 Å². The summed E-state index contributed by atoms with van der Waals surface area (Å²) in [6.45, 7) is 5.87. The Labute approximate surface area is 125 Å². The van der Waals surface area contributed by atoms with E-state index in [2.05, 4.69) is 9.80 Å². The van der Waals surface area contributed by atoms with Gasteiger partial charge >= 0.3 is 0 Å². The first kappa shape index (κ1) is 14.4. The third-order valence-electron chi connectivity index (χ3n) is 4.85. The molecule has 0 aliphatic carbocycles. The van der Waals surface area contributed by atoms with Crippen molar-refractivity contribution in [3.63, 3.8) is 0 Å². The minimum atomic E-state index is -0.449. The number of benzene rings is 1. The molecule has 0 radical (unpaired) electrons. The second kappa shape index (κ2) is 6.03. The summed E-state index contributed by atoms with van der Waals surface area (Å²) in [7, 11) is 0. The molecule has 5 heteroatoms. The summed E-state index contributed by atoms with van der Waals surface area (Å²) >= 11 is 0. The molecule has 114 valence electrons. The van der Waals surface area contributed by atoms with E-state index in [-0.39, 0.29) is 0 Å². The molecule has 1 aromatic carbocycles. The third-order valence-corrected chi connectivity index (χ3v) is 4.85. The molecule has 1 aromatic rings. The molecule has 3 aliphatic rings. The SMILES string of the molecule is NC(=O)c1cc(CCN2CCN3CCC2CC3)ccc1N. The third kappa shape index (κ3) is 3.19. The summed E-state index contributed by atoms with van der Waals surface area (Å²) in [6, 6.07) is 6.36. The molecule has 4 rings (SSSR count). The average molecular weight is 288 g/mol. The maximum absolute atomic E-state index is 11.4. The van der Waals surface area contributed by atoms with Gasteiger partial charge in [-0.2, -0.15) is 0 Å². The number of primary amides is 1. The molecule has 3 fully saturated rings. The average Bonchev–Trinajstić information content (AvgIpc) is 2.79. The zero-order chi connectivity index (χ0) is 14.8. The first-order valence-corrected chi connectivity index (χ1v) is 7.78. The van der Waals surface area contributed by atoms with Crippen molar-refractivity contribution in [3.8, 4) is 0 Å². The van der Waals surface area contributed by atoms with E-state index in [9.17, 15) is 4.79 Å². The fraction of sp³-hybridized carbons (Fsp3) is 0.562. The summed E-state index contributed by atoms with van der Waals surface area (Å²) in [5, 5.41) is 0. The number of carbonyl (C=O) groups is 1. The van der Waals surface area contributed by atoms with Gasteiger partial charge in [-0.25, -0.2) is 0 Å². The molecule has 3 saturated heterocycles. The maximum atomic E-state index is 11.4. The van der Waals surface area contributed by atoms with Crippen LogP contribution in [-0.2, 0) is 6.42 Å². The van der Waals surface area contributed by atoms with Gasteiger partial charge in [0.1, 0.15) is 0 Å². The van der Waals surface area contributed by atoms with E-state index in [0.29, 0.717) is 11.3 Å². The van der Waals surface area contributed by atoms with Gasteiger partial charge < -0.3 is 16.4 Å². The van der Waals surface area contributed by atoms with E-state index in [4.69, 9.17) is 11.5 Å². The van der Waals surface area contributed by atoms with E-state index in [1.807, 2.05) is 12.1 Å². The number of anilines is 1. The summed E-state index contributed by atoms with van der Waals surface area (Å²) in [4.78, 5) is 16.5. The van der Waals surface area contributed by atoms with Crippen LogP contribution in [0.1, 0.15) is 28.8 Å². The quantitative estimate of drug-likeness (QED) is 0.799. The molecule has 0 aromatic heterocycles. The van der Waals surface area contributed by atoms with Crippen LogP contribution < -0.4 is 11.5 Å². The van der Waals surface area contributed by atoms with Crippen LogP contribution in [0.25, 0.3) is 0 Å². The fourth-order valence-electron chi connectivity index (χ4n) is 3.50. The van der Waals surface area contributed by atoms with Crippen LogP contribution in [0, 0.1) is 0 Å². The highest BCUT2D eigenvalue weighted by molar-refractivity contribution is 5.98. The Morgan fingerprint density at radius 1 is 1.19 bits per heavy atom. The van der Waals surface area contributed by atoms with Gasteiger partial charge in [-0.15, -0.1) is 0 Å². The van der Waals surface area contributed by atoms with Crippen LogP contribution >= 0.6 is 0 Å². The molecule has 0 unspecified atom stereocenters. The topological polar surface area (TPSA) is 75.6 Å². The number of rotatable bonds is 4. The highest BCUT2D eigenvalue weighted by atomic mass is 16.1. The number of piperidine rings is 1. The van der Waals surface area contributed by atoms with Crippen LogP contribution in [0.3, 0.4) is 0 Å². The van der Waals surface area contributed by atoms with Crippen LogP contribution in [-0.4, -0.2) is 54.5 Å². The molecule has 0 saturated carbocycles. The molecule has 0 atom stereocenters.